The Kier molecular flexibility index (Phi) is 7.80. The number of para-hydroxylation sites is 1. The number of esters is 1. The first-order valence-corrected chi connectivity index (χ1v) is 9.31. The zero-order valence-corrected chi connectivity index (χ0v) is 16.8. The van der Waals surface area contributed by atoms with Crippen molar-refractivity contribution < 1.29 is 28.6 Å². The van der Waals surface area contributed by atoms with Crippen LogP contribution in [-0.2, 0) is 14.3 Å². The quantitative estimate of drug-likeness (QED) is 0.470. The second-order valence-corrected chi connectivity index (χ2v) is 6.95. The maximum Gasteiger partial charge on any atom is 0.341 e. The Balaban J connectivity index is 2.15. The Bertz CT molecular complexity index is 883. The van der Waals surface area contributed by atoms with Crippen molar-refractivity contribution in [3.63, 3.8) is 0 Å². The second kappa shape index (κ2) is 10.1. The first-order chi connectivity index (χ1) is 13.3. The lowest BCUT2D eigenvalue weighted by atomic mass is 10.1. The van der Waals surface area contributed by atoms with E-state index in [4.69, 9.17) is 31.5 Å². The number of halogens is 1. The van der Waals surface area contributed by atoms with E-state index in [-0.39, 0.29) is 35.3 Å². The molecule has 1 aromatic heterocycles. The minimum atomic E-state index is -0.707. The Morgan fingerprint density at radius 3 is 2.57 bits per heavy atom. The average Bonchev–Trinajstić information content (AvgIpc) is 2.97. The van der Waals surface area contributed by atoms with Gasteiger partial charge in [0.25, 0.3) is 11.8 Å². The van der Waals surface area contributed by atoms with E-state index in [0.717, 1.165) is 11.3 Å². The van der Waals surface area contributed by atoms with Crippen molar-refractivity contribution in [2.24, 2.45) is 5.73 Å². The molecule has 0 bridgehead atoms. The van der Waals surface area contributed by atoms with Crippen LogP contribution in [0.15, 0.2) is 24.3 Å². The molecule has 0 unspecified atom stereocenters. The molecule has 0 radical (unpaired) electrons. The highest BCUT2D eigenvalue weighted by atomic mass is 35.5. The zero-order valence-electron chi connectivity index (χ0n) is 15.2. The third-order valence-electron chi connectivity index (χ3n) is 3.54. The highest BCUT2D eigenvalue weighted by molar-refractivity contribution is 7.18. The van der Waals surface area contributed by atoms with Gasteiger partial charge in [-0.3, -0.25) is 9.59 Å². The molecule has 0 atom stereocenters. The Hall–Kier alpha value is -2.62. The van der Waals surface area contributed by atoms with Crippen molar-refractivity contribution in [3.8, 4) is 5.75 Å². The first kappa shape index (κ1) is 21.7. The van der Waals surface area contributed by atoms with Crippen molar-refractivity contribution >= 4 is 45.7 Å². The lowest BCUT2D eigenvalue weighted by Gasteiger charge is -2.09. The van der Waals surface area contributed by atoms with Crippen LogP contribution in [0.5, 0.6) is 5.75 Å². The standard InChI is InChI=1S/C18H19ClN2O6S/c1-10-14(18(24)26-8-7-25-2)17(28-15(10)16(20)23)21-13(22)9-27-12-6-4-3-5-11(12)19/h3-6H,7-9H2,1-2H3,(H2,20,23)(H,21,22). The molecule has 28 heavy (non-hydrogen) atoms. The minimum absolute atomic E-state index is 0.0273. The smallest absolute Gasteiger partial charge is 0.341 e. The number of thiophene rings is 1. The van der Waals surface area contributed by atoms with E-state index >= 15 is 0 Å². The van der Waals surface area contributed by atoms with Gasteiger partial charge in [-0.2, -0.15) is 0 Å². The van der Waals surface area contributed by atoms with Gasteiger partial charge < -0.3 is 25.3 Å². The number of ether oxygens (including phenoxy) is 3. The van der Waals surface area contributed by atoms with Gasteiger partial charge in [-0.1, -0.05) is 23.7 Å². The van der Waals surface area contributed by atoms with Crippen molar-refractivity contribution in [1.29, 1.82) is 0 Å². The van der Waals surface area contributed by atoms with Crippen LogP contribution in [0.4, 0.5) is 5.00 Å². The molecule has 0 saturated heterocycles. The maximum absolute atomic E-state index is 12.4. The third kappa shape index (κ3) is 5.44. The summed E-state index contributed by atoms with van der Waals surface area (Å²) in [7, 11) is 1.47. The monoisotopic (exact) mass is 426 g/mol. The van der Waals surface area contributed by atoms with Crippen LogP contribution in [-0.4, -0.2) is 44.7 Å². The molecule has 2 rings (SSSR count). The second-order valence-electron chi connectivity index (χ2n) is 5.52. The Morgan fingerprint density at radius 2 is 1.93 bits per heavy atom. The van der Waals surface area contributed by atoms with Crippen LogP contribution in [0.3, 0.4) is 0 Å². The predicted molar refractivity (Wildman–Crippen MR) is 105 cm³/mol. The molecule has 8 nitrogen and oxygen atoms in total. The molecule has 0 aliphatic heterocycles. The minimum Gasteiger partial charge on any atom is -0.482 e. The number of carbonyl (C=O) groups excluding carboxylic acids is 3. The molecule has 0 aliphatic rings. The van der Waals surface area contributed by atoms with Crippen molar-refractivity contribution in [2.75, 3.05) is 32.2 Å². The van der Waals surface area contributed by atoms with Gasteiger partial charge in [0.2, 0.25) is 0 Å². The highest BCUT2D eigenvalue weighted by Crippen LogP contribution is 2.33. The van der Waals surface area contributed by atoms with Gasteiger partial charge in [0.15, 0.2) is 6.61 Å². The van der Waals surface area contributed by atoms with E-state index in [1.54, 1.807) is 31.2 Å². The molecular weight excluding hydrogens is 408 g/mol. The van der Waals surface area contributed by atoms with Gasteiger partial charge in [-0.15, -0.1) is 11.3 Å². The van der Waals surface area contributed by atoms with Crippen LogP contribution in [0, 0.1) is 6.92 Å². The molecule has 2 aromatic rings. The number of nitrogens with two attached hydrogens (primary N) is 1. The van der Waals surface area contributed by atoms with Gasteiger partial charge >= 0.3 is 5.97 Å². The summed E-state index contributed by atoms with van der Waals surface area (Å²) in [5, 5.41) is 3.08. The van der Waals surface area contributed by atoms with Gasteiger partial charge in [-0.05, 0) is 24.6 Å². The number of methoxy groups -OCH3 is 1. The summed E-state index contributed by atoms with van der Waals surface area (Å²) in [6.45, 7) is 1.45. The van der Waals surface area contributed by atoms with Crippen molar-refractivity contribution in [3.05, 3.63) is 45.3 Å². The van der Waals surface area contributed by atoms with Crippen LogP contribution >= 0.6 is 22.9 Å². The molecule has 2 amide bonds. The number of anilines is 1. The summed E-state index contributed by atoms with van der Waals surface area (Å²) in [5.74, 6) is -1.59. The number of rotatable bonds is 9. The van der Waals surface area contributed by atoms with E-state index in [1.807, 2.05) is 0 Å². The van der Waals surface area contributed by atoms with Crippen LogP contribution in [0.2, 0.25) is 5.02 Å². The SMILES string of the molecule is COCCOC(=O)c1c(NC(=O)COc2ccccc2Cl)sc(C(N)=O)c1C. The number of benzene rings is 1. The summed E-state index contributed by atoms with van der Waals surface area (Å²) in [6.07, 6.45) is 0. The molecule has 1 heterocycles. The zero-order chi connectivity index (χ0) is 20.7. The summed E-state index contributed by atoms with van der Waals surface area (Å²) < 4.78 is 15.3. The molecular formula is C18H19ClN2O6S. The summed E-state index contributed by atoms with van der Waals surface area (Å²) in [4.78, 5) is 36.4. The topological polar surface area (TPSA) is 117 Å². The van der Waals surface area contributed by atoms with E-state index in [0.29, 0.717) is 16.3 Å². The predicted octanol–water partition coefficient (Wildman–Crippen LogP) is 2.63. The number of primary amides is 1. The van der Waals surface area contributed by atoms with Gasteiger partial charge in [0.1, 0.15) is 17.4 Å². The molecule has 3 N–H and O–H groups in total. The number of hydrogen-bond acceptors (Lipinski definition) is 7. The molecule has 1 aromatic carbocycles. The Labute approximate surface area is 170 Å². The summed E-state index contributed by atoms with van der Waals surface area (Å²) in [5.41, 5.74) is 5.75. The Morgan fingerprint density at radius 1 is 1.21 bits per heavy atom. The van der Waals surface area contributed by atoms with Gasteiger partial charge in [-0.25, -0.2) is 4.79 Å². The van der Waals surface area contributed by atoms with Gasteiger partial charge in [0.05, 0.1) is 22.1 Å². The van der Waals surface area contributed by atoms with E-state index in [9.17, 15) is 14.4 Å². The van der Waals surface area contributed by atoms with Crippen LogP contribution < -0.4 is 15.8 Å². The molecule has 0 fully saturated rings. The number of amides is 2. The first-order valence-electron chi connectivity index (χ1n) is 8.11. The molecule has 0 saturated carbocycles. The molecule has 0 aliphatic carbocycles. The molecule has 0 spiro atoms. The number of hydrogen-bond donors (Lipinski definition) is 2. The molecule has 150 valence electrons. The van der Waals surface area contributed by atoms with E-state index in [1.165, 1.54) is 7.11 Å². The van der Waals surface area contributed by atoms with E-state index in [2.05, 4.69) is 5.32 Å². The maximum atomic E-state index is 12.4. The fourth-order valence-corrected chi connectivity index (χ4v) is 3.49. The summed E-state index contributed by atoms with van der Waals surface area (Å²) in [6, 6.07) is 6.70. The van der Waals surface area contributed by atoms with Gasteiger partial charge in [0, 0.05) is 7.11 Å². The van der Waals surface area contributed by atoms with Crippen molar-refractivity contribution in [1.82, 2.24) is 0 Å². The highest BCUT2D eigenvalue weighted by Gasteiger charge is 2.26. The van der Waals surface area contributed by atoms with Crippen LogP contribution in [0.1, 0.15) is 25.6 Å². The third-order valence-corrected chi connectivity index (χ3v) is 5.08. The lowest BCUT2D eigenvalue weighted by Crippen LogP contribution is -2.21. The molecule has 10 heteroatoms. The normalized spacial score (nSPS) is 10.4. The summed E-state index contributed by atoms with van der Waals surface area (Å²) >= 11 is 6.87. The fraction of sp³-hybridized carbons (Fsp3) is 0.278. The number of carbonyl (C=O) groups is 3. The fourth-order valence-electron chi connectivity index (χ4n) is 2.24. The largest absolute Gasteiger partial charge is 0.482 e. The van der Waals surface area contributed by atoms with Crippen molar-refractivity contribution in [2.45, 2.75) is 6.92 Å². The average molecular weight is 427 g/mol. The van der Waals surface area contributed by atoms with E-state index < -0.39 is 17.8 Å². The lowest BCUT2D eigenvalue weighted by molar-refractivity contribution is -0.118. The van der Waals surface area contributed by atoms with Crippen LogP contribution in [0.25, 0.3) is 0 Å². The number of nitrogens with one attached hydrogen (secondary N) is 1.